The van der Waals surface area contributed by atoms with Gasteiger partial charge in [-0.3, -0.25) is 4.40 Å². The number of benzene rings is 1. The van der Waals surface area contributed by atoms with Gasteiger partial charge in [0.15, 0.2) is 10.8 Å². The fourth-order valence-corrected chi connectivity index (χ4v) is 3.05. The third-order valence-corrected chi connectivity index (χ3v) is 3.95. The van der Waals surface area contributed by atoms with Crippen molar-refractivity contribution >= 4 is 17.4 Å². The van der Waals surface area contributed by atoms with E-state index in [-0.39, 0.29) is 5.56 Å². The van der Waals surface area contributed by atoms with Crippen LogP contribution in [0.1, 0.15) is 18.6 Å². The van der Waals surface area contributed by atoms with Crippen molar-refractivity contribution in [3.63, 3.8) is 0 Å². The number of pyridine rings is 1. The van der Waals surface area contributed by atoms with Gasteiger partial charge in [-0.05, 0) is 43.0 Å². The minimum absolute atomic E-state index is 0.283. The molecule has 0 aliphatic rings. The second-order valence-electron chi connectivity index (χ2n) is 4.34. The van der Waals surface area contributed by atoms with Crippen LogP contribution in [0.25, 0.3) is 5.65 Å². The van der Waals surface area contributed by atoms with Gasteiger partial charge in [0.2, 0.25) is 0 Å². The Morgan fingerprint density at radius 3 is 2.85 bits per heavy atom. The minimum Gasteiger partial charge on any atom is -0.389 e. The maximum absolute atomic E-state index is 13.8. The van der Waals surface area contributed by atoms with Gasteiger partial charge in [-0.25, -0.2) is 4.39 Å². The van der Waals surface area contributed by atoms with Crippen molar-refractivity contribution in [2.45, 2.75) is 23.1 Å². The summed E-state index contributed by atoms with van der Waals surface area (Å²) in [5, 5.41) is 18.5. The molecule has 102 valence electrons. The third-order valence-electron chi connectivity index (χ3n) is 2.91. The largest absolute Gasteiger partial charge is 0.389 e. The molecule has 0 aliphatic heterocycles. The van der Waals surface area contributed by atoms with Crippen molar-refractivity contribution in [2.24, 2.45) is 0 Å². The van der Waals surface area contributed by atoms with E-state index in [0.29, 0.717) is 10.1 Å². The second kappa shape index (κ2) is 5.22. The zero-order chi connectivity index (χ0) is 14.1. The van der Waals surface area contributed by atoms with Crippen LogP contribution in [0.2, 0.25) is 0 Å². The summed E-state index contributed by atoms with van der Waals surface area (Å²) in [6.07, 6.45) is 0.969. The summed E-state index contributed by atoms with van der Waals surface area (Å²) in [4.78, 5) is 0.637. The van der Waals surface area contributed by atoms with Crippen molar-refractivity contribution in [3.05, 3.63) is 54.0 Å². The van der Waals surface area contributed by atoms with E-state index in [1.54, 1.807) is 19.1 Å². The monoisotopic (exact) mass is 289 g/mol. The van der Waals surface area contributed by atoms with Crippen molar-refractivity contribution < 1.29 is 9.50 Å². The van der Waals surface area contributed by atoms with Crippen molar-refractivity contribution in [3.8, 4) is 0 Å². The quantitative estimate of drug-likeness (QED) is 0.805. The average Bonchev–Trinajstić information content (AvgIpc) is 2.82. The number of halogens is 1. The number of aliphatic hydroxyl groups is 1. The number of aliphatic hydroxyl groups excluding tert-OH is 1. The zero-order valence-corrected chi connectivity index (χ0v) is 11.5. The highest BCUT2D eigenvalue weighted by Crippen LogP contribution is 2.33. The molecule has 0 radical (unpaired) electrons. The van der Waals surface area contributed by atoms with Crippen LogP contribution in [0.4, 0.5) is 4.39 Å². The predicted molar refractivity (Wildman–Crippen MR) is 74.1 cm³/mol. The van der Waals surface area contributed by atoms with Gasteiger partial charge < -0.3 is 5.11 Å². The van der Waals surface area contributed by atoms with Crippen molar-refractivity contribution in [1.82, 2.24) is 14.6 Å². The van der Waals surface area contributed by atoms with E-state index in [9.17, 15) is 9.50 Å². The van der Waals surface area contributed by atoms with Crippen molar-refractivity contribution in [2.75, 3.05) is 0 Å². The van der Waals surface area contributed by atoms with Crippen LogP contribution in [-0.4, -0.2) is 19.7 Å². The molecule has 1 unspecified atom stereocenters. The van der Waals surface area contributed by atoms with Gasteiger partial charge in [0, 0.05) is 16.7 Å². The molecule has 0 saturated carbocycles. The van der Waals surface area contributed by atoms with Gasteiger partial charge in [0.05, 0.1) is 6.10 Å². The Bertz CT molecular complexity index is 757. The first kappa shape index (κ1) is 13.1. The Morgan fingerprint density at radius 1 is 1.20 bits per heavy atom. The smallest absolute Gasteiger partial charge is 0.200 e. The van der Waals surface area contributed by atoms with Crippen LogP contribution in [0.15, 0.2) is 52.6 Å². The van der Waals surface area contributed by atoms with E-state index < -0.39 is 11.9 Å². The molecular weight excluding hydrogens is 277 g/mol. The summed E-state index contributed by atoms with van der Waals surface area (Å²) >= 11 is 1.28. The standard InChI is InChI=1S/C14H12FN3OS/c1-9(19)13-10(15)5-4-6-11(13)20-14-17-16-12-7-2-3-8-18(12)14/h2-9,19H,1H3. The van der Waals surface area contributed by atoms with E-state index in [1.165, 1.54) is 17.8 Å². The minimum atomic E-state index is -0.877. The van der Waals surface area contributed by atoms with Crippen LogP contribution in [0, 0.1) is 5.82 Å². The fraction of sp³-hybridized carbons (Fsp3) is 0.143. The summed E-state index contributed by atoms with van der Waals surface area (Å²) in [5.74, 6) is -0.418. The number of hydrogen-bond donors (Lipinski definition) is 1. The van der Waals surface area contributed by atoms with E-state index in [0.717, 1.165) is 5.65 Å². The van der Waals surface area contributed by atoms with Crippen LogP contribution in [0.3, 0.4) is 0 Å². The molecular formula is C14H12FN3OS. The van der Waals surface area contributed by atoms with Gasteiger partial charge in [-0.1, -0.05) is 12.1 Å². The lowest BCUT2D eigenvalue weighted by Crippen LogP contribution is -1.99. The molecule has 3 aromatic rings. The van der Waals surface area contributed by atoms with E-state index >= 15 is 0 Å². The molecule has 3 rings (SSSR count). The van der Waals surface area contributed by atoms with Crippen LogP contribution in [0.5, 0.6) is 0 Å². The summed E-state index contributed by atoms with van der Waals surface area (Å²) in [6.45, 7) is 1.55. The Morgan fingerprint density at radius 2 is 2.05 bits per heavy atom. The Hall–Kier alpha value is -1.92. The molecule has 6 heteroatoms. The molecule has 1 aromatic carbocycles. The summed E-state index contributed by atoms with van der Waals surface area (Å²) in [5.41, 5.74) is 1.01. The van der Waals surface area contributed by atoms with Gasteiger partial charge >= 0.3 is 0 Å². The first-order chi connectivity index (χ1) is 9.66. The lowest BCUT2D eigenvalue weighted by molar-refractivity contribution is 0.191. The Balaban J connectivity index is 2.05. The van der Waals surface area contributed by atoms with E-state index in [4.69, 9.17) is 0 Å². The Kier molecular flexibility index (Phi) is 3.42. The third kappa shape index (κ3) is 2.28. The zero-order valence-electron chi connectivity index (χ0n) is 10.7. The molecule has 0 bridgehead atoms. The summed E-state index contributed by atoms with van der Waals surface area (Å²) in [7, 11) is 0. The number of nitrogens with zero attached hydrogens (tertiary/aromatic N) is 3. The highest BCUT2D eigenvalue weighted by molar-refractivity contribution is 7.99. The topological polar surface area (TPSA) is 50.4 Å². The fourth-order valence-electron chi connectivity index (χ4n) is 2.00. The normalized spacial score (nSPS) is 12.8. The summed E-state index contributed by atoms with van der Waals surface area (Å²) in [6, 6.07) is 10.3. The van der Waals surface area contributed by atoms with Gasteiger partial charge in [-0.2, -0.15) is 0 Å². The molecule has 0 aliphatic carbocycles. The number of rotatable bonds is 3. The molecule has 4 nitrogen and oxygen atoms in total. The maximum atomic E-state index is 13.8. The van der Waals surface area contributed by atoms with Gasteiger partial charge in [0.1, 0.15) is 5.82 Å². The average molecular weight is 289 g/mol. The van der Waals surface area contributed by atoms with Crippen molar-refractivity contribution in [1.29, 1.82) is 0 Å². The van der Waals surface area contributed by atoms with Gasteiger partial charge in [-0.15, -0.1) is 10.2 Å². The number of aromatic nitrogens is 3. The molecule has 1 atom stereocenters. The molecule has 0 spiro atoms. The molecule has 0 saturated heterocycles. The molecule has 20 heavy (non-hydrogen) atoms. The van der Waals surface area contributed by atoms with Crippen LogP contribution in [-0.2, 0) is 0 Å². The highest BCUT2D eigenvalue weighted by Gasteiger charge is 2.16. The number of hydrogen-bond acceptors (Lipinski definition) is 4. The number of fused-ring (bicyclic) bond motifs is 1. The lowest BCUT2D eigenvalue weighted by atomic mass is 10.1. The molecule has 0 fully saturated rings. The summed E-state index contributed by atoms with van der Waals surface area (Å²) < 4.78 is 15.6. The first-order valence-corrected chi connectivity index (χ1v) is 6.92. The van der Waals surface area contributed by atoms with Crippen LogP contribution < -0.4 is 0 Å². The highest BCUT2D eigenvalue weighted by atomic mass is 32.2. The predicted octanol–water partition coefficient (Wildman–Crippen LogP) is 3.07. The molecule has 2 aromatic heterocycles. The second-order valence-corrected chi connectivity index (χ2v) is 5.35. The Labute approximate surface area is 119 Å². The molecule has 0 amide bonds. The lowest BCUT2D eigenvalue weighted by Gasteiger charge is -2.11. The van der Waals surface area contributed by atoms with E-state index in [2.05, 4.69) is 10.2 Å². The van der Waals surface area contributed by atoms with Gasteiger partial charge in [0.25, 0.3) is 0 Å². The van der Waals surface area contributed by atoms with Crippen LogP contribution >= 0.6 is 11.8 Å². The molecule has 1 N–H and O–H groups in total. The van der Waals surface area contributed by atoms with E-state index in [1.807, 2.05) is 28.8 Å². The first-order valence-electron chi connectivity index (χ1n) is 6.11. The maximum Gasteiger partial charge on any atom is 0.200 e. The molecule has 2 heterocycles. The SMILES string of the molecule is CC(O)c1c(F)cccc1Sc1nnc2ccccn12.